The molecule has 2 N–H and O–H groups in total. The third-order valence-corrected chi connectivity index (χ3v) is 5.28. The van der Waals surface area contributed by atoms with Gasteiger partial charge in [-0.1, -0.05) is 36.8 Å². The maximum absolute atomic E-state index is 12.6. The zero-order chi connectivity index (χ0) is 17.5. The van der Waals surface area contributed by atoms with Crippen LogP contribution < -0.4 is 5.32 Å². The summed E-state index contributed by atoms with van der Waals surface area (Å²) >= 11 is 0. The fourth-order valence-corrected chi connectivity index (χ4v) is 3.49. The molecule has 1 aliphatic heterocycles. The van der Waals surface area contributed by atoms with Gasteiger partial charge in [-0.25, -0.2) is 0 Å². The Balaban J connectivity index is 0.00000312. The summed E-state index contributed by atoms with van der Waals surface area (Å²) in [7, 11) is 0. The number of aliphatic hydroxyl groups excluding tert-OH is 1. The van der Waals surface area contributed by atoms with Gasteiger partial charge < -0.3 is 15.3 Å². The van der Waals surface area contributed by atoms with Crippen LogP contribution in [-0.2, 0) is 4.79 Å². The minimum atomic E-state index is -0.622. The van der Waals surface area contributed by atoms with E-state index in [1.54, 1.807) is 4.90 Å². The van der Waals surface area contributed by atoms with Crippen molar-refractivity contribution in [1.82, 2.24) is 10.2 Å². The smallest absolute Gasteiger partial charge is 0.222 e. The molecule has 25 heavy (non-hydrogen) atoms. The van der Waals surface area contributed by atoms with Crippen LogP contribution in [0.5, 0.6) is 0 Å². The van der Waals surface area contributed by atoms with Gasteiger partial charge in [0.1, 0.15) is 0 Å². The summed E-state index contributed by atoms with van der Waals surface area (Å²) in [5.74, 6) is 1.20. The van der Waals surface area contributed by atoms with Crippen LogP contribution >= 0.6 is 12.4 Å². The van der Waals surface area contributed by atoms with Gasteiger partial charge in [0.15, 0.2) is 0 Å². The summed E-state index contributed by atoms with van der Waals surface area (Å²) in [6, 6.07) is 7.87. The lowest BCUT2D eigenvalue weighted by molar-refractivity contribution is -0.133. The molecule has 1 amide bonds. The van der Waals surface area contributed by atoms with E-state index in [2.05, 4.69) is 12.2 Å². The number of amides is 1. The Kier molecular flexibility index (Phi) is 9.47. The number of benzene rings is 1. The Morgan fingerprint density at radius 3 is 2.44 bits per heavy atom. The van der Waals surface area contributed by atoms with Crippen molar-refractivity contribution in [3.05, 3.63) is 35.4 Å². The van der Waals surface area contributed by atoms with E-state index >= 15 is 0 Å². The Morgan fingerprint density at radius 1 is 1.28 bits per heavy atom. The molecule has 0 aliphatic carbocycles. The number of carbonyl (C=O) groups excluding carboxylic acids is 1. The van der Waals surface area contributed by atoms with Crippen LogP contribution in [0.1, 0.15) is 50.3 Å². The molecule has 1 aromatic rings. The summed E-state index contributed by atoms with van der Waals surface area (Å²) in [4.78, 5) is 14.4. The van der Waals surface area contributed by atoms with Gasteiger partial charge >= 0.3 is 0 Å². The molecule has 1 fully saturated rings. The second-order valence-electron chi connectivity index (χ2n) is 7.13. The van der Waals surface area contributed by atoms with Gasteiger partial charge in [-0.15, -0.1) is 12.4 Å². The number of halogens is 1. The first kappa shape index (κ1) is 21.9. The Bertz CT molecular complexity index is 515. The molecule has 1 heterocycles. The molecule has 0 spiro atoms. The Morgan fingerprint density at radius 2 is 1.88 bits per heavy atom. The number of piperidine rings is 1. The van der Waals surface area contributed by atoms with Crippen molar-refractivity contribution in [1.29, 1.82) is 0 Å². The molecule has 2 unspecified atom stereocenters. The van der Waals surface area contributed by atoms with Crippen LogP contribution in [0, 0.1) is 18.8 Å². The third-order valence-electron chi connectivity index (χ3n) is 5.28. The molecular weight excluding hydrogens is 336 g/mol. The van der Waals surface area contributed by atoms with Crippen LogP contribution in [-0.4, -0.2) is 42.1 Å². The second-order valence-corrected chi connectivity index (χ2v) is 7.13. The minimum Gasteiger partial charge on any atom is -0.387 e. The highest BCUT2D eigenvalue weighted by Crippen LogP contribution is 2.25. The second kappa shape index (κ2) is 10.8. The molecule has 4 nitrogen and oxygen atoms in total. The van der Waals surface area contributed by atoms with Gasteiger partial charge in [0, 0.05) is 13.0 Å². The fourth-order valence-electron chi connectivity index (χ4n) is 3.49. The highest BCUT2D eigenvalue weighted by molar-refractivity contribution is 5.85. The lowest BCUT2D eigenvalue weighted by Crippen LogP contribution is -2.37. The Labute approximate surface area is 158 Å². The monoisotopic (exact) mass is 368 g/mol. The minimum absolute atomic E-state index is 0. The predicted octanol–water partition coefficient (Wildman–Crippen LogP) is 3.32. The lowest BCUT2D eigenvalue weighted by atomic mass is 9.84. The SMILES string of the molecule is CCN(CC(O)c1ccc(C)cc1)C(=O)CC(C)C1CCNCC1.Cl. The summed E-state index contributed by atoms with van der Waals surface area (Å²) in [5, 5.41) is 13.8. The van der Waals surface area contributed by atoms with Gasteiger partial charge in [0.05, 0.1) is 12.6 Å². The summed E-state index contributed by atoms with van der Waals surface area (Å²) in [6.07, 6.45) is 2.28. The highest BCUT2D eigenvalue weighted by atomic mass is 35.5. The van der Waals surface area contributed by atoms with Crippen LogP contribution in [0.25, 0.3) is 0 Å². The van der Waals surface area contributed by atoms with Crippen molar-refractivity contribution >= 4 is 18.3 Å². The van der Waals surface area contributed by atoms with Crippen LogP contribution in [0.4, 0.5) is 0 Å². The van der Waals surface area contributed by atoms with Crippen molar-refractivity contribution in [2.75, 3.05) is 26.2 Å². The zero-order valence-corrected chi connectivity index (χ0v) is 16.5. The molecule has 1 aliphatic rings. The zero-order valence-electron chi connectivity index (χ0n) is 15.7. The van der Waals surface area contributed by atoms with Crippen molar-refractivity contribution in [3.8, 4) is 0 Å². The first-order valence-corrected chi connectivity index (χ1v) is 9.24. The highest BCUT2D eigenvalue weighted by Gasteiger charge is 2.25. The molecule has 1 aromatic carbocycles. The van der Waals surface area contributed by atoms with Gasteiger partial charge in [0.2, 0.25) is 5.91 Å². The van der Waals surface area contributed by atoms with Gasteiger partial charge in [-0.05, 0) is 57.2 Å². The van der Waals surface area contributed by atoms with E-state index in [4.69, 9.17) is 0 Å². The van der Waals surface area contributed by atoms with E-state index in [0.717, 1.165) is 31.5 Å². The van der Waals surface area contributed by atoms with E-state index in [1.807, 2.05) is 38.1 Å². The fraction of sp³-hybridized carbons (Fsp3) is 0.650. The summed E-state index contributed by atoms with van der Waals surface area (Å²) < 4.78 is 0. The molecule has 1 saturated heterocycles. The summed E-state index contributed by atoms with van der Waals surface area (Å²) in [5.41, 5.74) is 2.04. The van der Waals surface area contributed by atoms with E-state index in [1.165, 1.54) is 5.56 Å². The van der Waals surface area contributed by atoms with Gasteiger partial charge in [-0.2, -0.15) is 0 Å². The topological polar surface area (TPSA) is 52.6 Å². The number of nitrogens with one attached hydrogen (secondary N) is 1. The van der Waals surface area contributed by atoms with Crippen molar-refractivity contribution in [3.63, 3.8) is 0 Å². The van der Waals surface area contributed by atoms with E-state index < -0.39 is 6.10 Å². The van der Waals surface area contributed by atoms with Gasteiger partial charge in [-0.3, -0.25) is 4.79 Å². The molecule has 2 atom stereocenters. The maximum atomic E-state index is 12.6. The number of likely N-dealkylation sites (N-methyl/N-ethyl adjacent to an activating group) is 1. The number of hydrogen-bond donors (Lipinski definition) is 2. The van der Waals surface area contributed by atoms with Crippen LogP contribution in [0.2, 0.25) is 0 Å². The van der Waals surface area contributed by atoms with E-state index in [9.17, 15) is 9.90 Å². The quantitative estimate of drug-likeness (QED) is 0.776. The predicted molar refractivity (Wildman–Crippen MR) is 105 cm³/mol. The lowest BCUT2D eigenvalue weighted by Gasteiger charge is -2.30. The number of aryl methyl sites for hydroxylation is 1. The summed E-state index contributed by atoms with van der Waals surface area (Å²) in [6.45, 7) is 9.34. The van der Waals surface area contributed by atoms with Gasteiger partial charge in [0.25, 0.3) is 0 Å². The van der Waals surface area contributed by atoms with Crippen LogP contribution in [0.15, 0.2) is 24.3 Å². The molecule has 2 rings (SSSR count). The maximum Gasteiger partial charge on any atom is 0.222 e. The first-order valence-electron chi connectivity index (χ1n) is 9.24. The number of nitrogens with zero attached hydrogens (tertiary/aromatic N) is 1. The molecule has 0 radical (unpaired) electrons. The normalized spacial score (nSPS) is 17.4. The largest absolute Gasteiger partial charge is 0.387 e. The third kappa shape index (κ3) is 6.61. The number of aliphatic hydroxyl groups is 1. The molecule has 142 valence electrons. The van der Waals surface area contributed by atoms with Crippen molar-refractivity contribution in [2.24, 2.45) is 11.8 Å². The first-order chi connectivity index (χ1) is 11.5. The average molecular weight is 369 g/mol. The standard InChI is InChI=1S/C20H32N2O2.ClH/c1-4-22(14-19(23)18-7-5-15(2)6-8-18)20(24)13-16(3)17-9-11-21-12-10-17;/h5-8,16-17,19,21,23H,4,9-14H2,1-3H3;1H. The molecule has 5 heteroatoms. The molecule has 0 aromatic heterocycles. The van der Waals surface area contributed by atoms with Crippen LogP contribution in [0.3, 0.4) is 0 Å². The molecule has 0 bridgehead atoms. The molecular formula is C20H33ClN2O2. The van der Waals surface area contributed by atoms with Crippen molar-refractivity contribution in [2.45, 2.75) is 46.1 Å². The van der Waals surface area contributed by atoms with E-state index in [-0.39, 0.29) is 18.3 Å². The molecule has 0 saturated carbocycles. The number of carbonyl (C=O) groups is 1. The number of hydrogen-bond acceptors (Lipinski definition) is 3. The van der Waals surface area contributed by atoms with Crippen molar-refractivity contribution < 1.29 is 9.90 Å². The number of rotatable bonds is 7. The Hall–Kier alpha value is -1.10. The van der Waals surface area contributed by atoms with E-state index in [0.29, 0.717) is 31.3 Å². The average Bonchev–Trinajstić information content (AvgIpc) is 2.60.